The Bertz CT molecular complexity index is 604. The van der Waals surface area contributed by atoms with Gasteiger partial charge in [0, 0.05) is 30.2 Å². The molecule has 1 amide bonds. The molecule has 0 bridgehead atoms. The minimum absolute atomic E-state index is 0.193. The van der Waals surface area contributed by atoms with E-state index >= 15 is 0 Å². The number of anilines is 1. The van der Waals surface area contributed by atoms with Gasteiger partial charge in [-0.2, -0.15) is 0 Å². The first-order valence-electron chi connectivity index (χ1n) is 7.30. The van der Waals surface area contributed by atoms with Gasteiger partial charge in [0.25, 0.3) is 0 Å². The smallest absolute Gasteiger partial charge is 0.240 e. The van der Waals surface area contributed by atoms with Crippen LogP contribution >= 0.6 is 0 Å². The highest BCUT2D eigenvalue weighted by Gasteiger charge is 2.10. The Kier molecular flexibility index (Phi) is 5.11. The number of hydrogen-bond acceptors (Lipinski definition) is 3. The molecule has 0 aliphatic heterocycles. The predicted molar refractivity (Wildman–Crippen MR) is 84.9 cm³/mol. The average Bonchev–Trinajstić information content (AvgIpc) is 2.93. The van der Waals surface area contributed by atoms with Gasteiger partial charge in [-0.3, -0.25) is 4.79 Å². The summed E-state index contributed by atoms with van der Waals surface area (Å²) in [5, 5.41) is 2.81. The Balaban J connectivity index is 2.21. The van der Waals surface area contributed by atoms with Gasteiger partial charge < -0.3 is 15.6 Å². The van der Waals surface area contributed by atoms with E-state index in [4.69, 9.17) is 5.73 Å². The minimum atomic E-state index is -0.528. The molecule has 2 rings (SSSR count). The van der Waals surface area contributed by atoms with Crippen molar-refractivity contribution in [3.05, 3.63) is 36.7 Å². The normalized spacial score (nSPS) is 12.1. The molecule has 0 fully saturated rings. The highest BCUT2D eigenvalue weighted by Crippen LogP contribution is 2.21. The lowest BCUT2D eigenvalue weighted by molar-refractivity contribution is -0.117. The van der Waals surface area contributed by atoms with Crippen molar-refractivity contribution < 1.29 is 4.79 Å². The highest BCUT2D eigenvalue weighted by atomic mass is 16.2. The fraction of sp³-hybridized carbons (Fsp3) is 0.375. The molecular formula is C16H22N4O. The van der Waals surface area contributed by atoms with E-state index in [2.05, 4.69) is 21.8 Å². The maximum Gasteiger partial charge on any atom is 0.240 e. The van der Waals surface area contributed by atoms with Crippen molar-refractivity contribution in [2.24, 2.45) is 5.73 Å². The summed E-state index contributed by atoms with van der Waals surface area (Å²) in [4.78, 5) is 16.1. The lowest BCUT2D eigenvalue weighted by Crippen LogP contribution is -2.32. The molecule has 0 spiro atoms. The molecule has 0 saturated heterocycles. The van der Waals surface area contributed by atoms with Crippen LogP contribution in [-0.2, 0) is 11.3 Å². The van der Waals surface area contributed by atoms with Crippen LogP contribution in [0.15, 0.2) is 36.7 Å². The van der Waals surface area contributed by atoms with Crippen LogP contribution in [0.1, 0.15) is 26.7 Å². The summed E-state index contributed by atoms with van der Waals surface area (Å²) < 4.78 is 2.13. The molecule has 1 atom stereocenters. The van der Waals surface area contributed by atoms with Crippen LogP contribution < -0.4 is 11.1 Å². The molecule has 3 N–H and O–H groups in total. The number of benzene rings is 1. The maximum atomic E-state index is 11.7. The van der Waals surface area contributed by atoms with Crippen LogP contribution in [0.5, 0.6) is 0 Å². The van der Waals surface area contributed by atoms with E-state index in [1.165, 1.54) is 0 Å². The molecule has 0 unspecified atom stereocenters. The van der Waals surface area contributed by atoms with Gasteiger partial charge in [0.2, 0.25) is 5.91 Å². The largest absolute Gasteiger partial charge is 0.331 e. The van der Waals surface area contributed by atoms with Crippen LogP contribution in [0.4, 0.5) is 5.69 Å². The van der Waals surface area contributed by atoms with Crippen LogP contribution in [0.3, 0.4) is 0 Å². The third kappa shape index (κ3) is 3.92. The second kappa shape index (κ2) is 7.04. The van der Waals surface area contributed by atoms with E-state index in [1.807, 2.05) is 30.5 Å². The first kappa shape index (κ1) is 15.3. The molecule has 1 aromatic carbocycles. The van der Waals surface area contributed by atoms with Crippen molar-refractivity contribution in [2.75, 3.05) is 5.32 Å². The Morgan fingerprint density at radius 3 is 3.00 bits per heavy atom. The molecule has 5 nitrogen and oxygen atoms in total. The van der Waals surface area contributed by atoms with Gasteiger partial charge in [-0.15, -0.1) is 0 Å². The number of hydrogen-bond donors (Lipinski definition) is 2. The average molecular weight is 286 g/mol. The fourth-order valence-corrected chi connectivity index (χ4v) is 2.07. The number of rotatable bonds is 6. The minimum Gasteiger partial charge on any atom is -0.331 e. The summed E-state index contributed by atoms with van der Waals surface area (Å²) >= 11 is 0. The lowest BCUT2D eigenvalue weighted by atomic mass is 10.1. The Morgan fingerprint density at radius 2 is 2.29 bits per heavy atom. The number of carbonyl (C=O) groups excluding carboxylic acids is 1. The van der Waals surface area contributed by atoms with Crippen molar-refractivity contribution in [2.45, 2.75) is 39.3 Å². The zero-order chi connectivity index (χ0) is 15.2. The van der Waals surface area contributed by atoms with E-state index in [1.54, 1.807) is 13.1 Å². The Hall–Kier alpha value is -2.14. The second-order valence-corrected chi connectivity index (χ2v) is 5.16. The second-order valence-electron chi connectivity index (χ2n) is 5.16. The zero-order valence-electron chi connectivity index (χ0n) is 12.5. The third-order valence-electron chi connectivity index (χ3n) is 3.27. The molecule has 2 aromatic rings. The monoisotopic (exact) mass is 286 g/mol. The lowest BCUT2D eigenvalue weighted by Gasteiger charge is -2.10. The summed E-state index contributed by atoms with van der Waals surface area (Å²) in [5.74, 6) is 0.724. The van der Waals surface area contributed by atoms with Crippen molar-refractivity contribution in [1.29, 1.82) is 0 Å². The van der Waals surface area contributed by atoms with E-state index in [0.29, 0.717) is 0 Å². The standard InChI is InChI=1S/C16H22N4O/c1-3-4-9-20-10-8-18-15(20)13-6-5-7-14(11-13)19-16(21)12(2)17/h5-8,10-12H,3-4,9,17H2,1-2H3,(H,19,21)/t12-/m1/s1. The van der Waals surface area contributed by atoms with E-state index < -0.39 is 6.04 Å². The fourth-order valence-electron chi connectivity index (χ4n) is 2.07. The topological polar surface area (TPSA) is 72.9 Å². The molecule has 21 heavy (non-hydrogen) atoms. The van der Waals surface area contributed by atoms with Crippen molar-refractivity contribution >= 4 is 11.6 Å². The summed E-state index contributed by atoms with van der Waals surface area (Å²) in [7, 11) is 0. The van der Waals surface area contributed by atoms with E-state index in [9.17, 15) is 4.79 Å². The SMILES string of the molecule is CCCCn1ccnc1-c1cccc(NC(=O)[C@@H](C)N)c1. The quantitative estimate of drug-likeness (QED) is 0.857. The number of imidazole rings is 1. The number of nitrogens with two attached hydrogens (primary N) is 1. The number of nitrogens with zero attached hydrogens (tertiary/aromatic N) is 2. The molecule has 0 aliphatic carbocycles. The molecule has 1 aromatic heterocycles. The summed E-state index contributed by atoms with van der Waals surface area (Å²) in [6.07, 6.45) is 6.04. The predicted octanol–water partition coefficient (Wildman–Crippen LogP) is 2.64. The van der Waals surface area contributed by atoms with Gasteiger partial charge >= 0.3 is 0 Å². The van der Waals surface area contributed by atoms with Crippen LogP contribution in [0.25, 0.3) is 11.4 Å². The number of aryl methyl sites for hydroxylation is 1. The van der Waals surface area contributed by atoms with Gasteiger partial charge in [0.05, 0.1) is 6.04 Å². The van der Waals surface area contributed by atoms with Crippen LogP contribution in [0, 0.1) is 0 Å². The van der Waals surface area contributed by atoms with Gasteiger partial charge in [-0.1, -0.05) is 25.5 Å². The Labute approximate surface area is 125 Å². The first-order chi connectivity index (χ1) is 10.1. The van der Waals surface area contributed by atoms with E-state index in [-0.39, 0.29) is 5.91 Å². The molecule has 0 radical (unpaired) electrons. The van der Waals surface area contributed by atoms with Crippen molar-refractivity contribution in [1.82, 2.24) is 9.55 Å². The zero-order valence-corrected chi connectivity index (χ0v) is 12.5. The first-order valence-corrected chi connectivity index (χ1v) is 7.30. The third-order valence-corrected chi connectivity index (χ3v) is 3.27. The van der Waals surface area contributed by atoms with Crippen LogP contribution in [-0.4, -0.2) is 21.5 Å². The highest BCUT2D eigenvalue weighted by molar-refractivity contribution is 5.94. The molecule has 112 valence electrons. The van der Waals surface area contributed by atoms with Crippen LogP contribution in [0.2, 0.25) is 0 Å². The molecule has 0 saturated carbocycles. The maximum absolute atomic E-state index is 11.7. The summed E-state index contributed by atoms with van der Waals surface area (Å²) in [5.41, 5.74) is 7.29. The van der Waals surface area contributed by atoms with E-state index in [0.717, 1.165) is 36.5 Å². The number of carbonyl (C=O) groups is 1. The van der Waals surface area contributed by atoms with Crippen molar-refractivity contribution in [3.8, 4) is 11.4 Å². The Morgan fingerprint density at radius 1 is 1.48 bits per heavy atom. The summed E-state index contributed by atoms with van der Waals surface area (Å²) in [6.45, 7) is 4.78. The molecule has 5 heteroatoms. The van der Waals surface area contributed by atoms with Crippen molar-refractivity contribution in [3.63, 3.8) is 0 Å². The van der Waals surface area contributed by atoms with Gasteiger partial charge in [-0.05, 0) is 25.5 Å². The van der Waals surface area contributed by atoms with Gasteiger partial charge in [-0.25, -0.2) is 4.98 Å². The molecular weight excluding hydrogens is 264 g/mol. The number of aromatic nitrogens is 2. The molecule has 0 aliphatic rings. The van der Waals surface area contributed by atoms with Gasteiger partial charge in [0.15, 0.2) is 0 Å². The number of amides is 1. The number of nitrogens with one attached hydrogen (secondary N) is 1. The van der Waals surface area contributed by atoms with Gasteiger partial charge in [0.1, 0.15) is 5.82 Å². The number of unbranched alkanes of at least 4 members (excludes halogenated alkanes) is 1. The summed E-state index contributed by atoms with van der Waals surface area (Å²) in [6, 6.07) is 7.14. The molecule has 1 heterocycles.